The maximum Gasteiger partial charge on any atom is 0.231 e. The minimum absolute atomic E-state index is 0.0227. The van der Waals surface area contributed by atoms with Gasteiger partial charge in [-0.05, 0) is 13.0 Å². The number of rotatable bonds is 6. The molecule has 0 spiro atoms. The molecule has 1 aliphatic rings. The Bertz CT molecular complexity index is 947. The number of aliphatic hydroxyl groups is 1. The first-order valence-corrected chi connectivity index (χ1v) is 9.03. The smallest absolute Gasteiger partial charge is 0.231 e. The highest BCUT2D eigenvalue weighted by Crippen LogP contribution is 2.38. The fraction of sp³-hybridized carbons (Fsp3) is 0.312. The van der Waals surface area contributed by atoms with Crippen molar-refractivity contribution in [1.29, 1.82) is 0 Å². The molecule has 1 aromatic carbocycles. The number of aromatic nitrogens is 4. The van der Waals surface area contributed by atoms with Crippen LogP contribution in [0.25, 0.3) is 11.2 Å². The van der Waals surface area contributed by atoms with Crippen LogP contribution in [0.3, 0.4) is 0 Å². The number of fused-ring (bicyclic) bond motifs is 2. The van der Waals surface area contributed by atoms with Crippen LogP contribution in [0.5, 0.6) is 11.5 Å². The molecule has 9 nitrogen and oxygen atoms in total. The number of H-pyrrole nitrogens is 1. The summed E-state index contributed by atoms with van der Waals surface area (Å²) in [7, 11) is 0. The van der Waals surface area contributed by atoms with Gasteiger partial charge in [-0.1, -0.05) is 23.9 Å². The molecule has 0 saturated heterocycles. The summed E-state index contributed by atoms with van der Waals surface area (Å²) in [6, 6.07) is 5.62. The molecule has 136 valence electrons. The average Bonchev–Trinajstić information content (AvgIpc) is 3.25. The molecule has 0 saturated carbocycles. The number of para-hydroxylation sites is 1. The van der Waals surface area contributed by atoms with Gasteiger partial charge in [-0.2, -0.15) is 4.98 Å². The lowest BCUT2D eigenvalue weighted by Crippen LogP contribution is -2.20. The van der Waals surface area contributed by atoms with Crippen molar-refractivity contribution in [2.75, 3.05) is 24.5 Å². The van der Waals surface area contributed by atoms with Crippen LogP contribution >= 0.6 is 11.8 Å². The third-order valence-electron chi connectivity index (χ3n) is 3.84. The summed E-state index contributed by atoms with van der Waals surface area (Å²) in [6.45, 7) is 2.06. The standard InChI is InChI=1S/C16H18N6O3S/c1-8(5-23)18-13-11-14(20-15(17)19-11)22-16(21-13)26-6-9-3-2-4-10-12(9)25-7-24-10/h2-4,8,23H,5-7H2,1H3,(H4,17,18,19,20,21,22). The van der Waals surface area contributed by atoms with Crippen molar-refractivity contribution in [2.24, 2.45) is 0 Å². The highest BCUT2D eigenvalue weighted by atomic mass is 32.2. The lowest BCUT2D eigenvalue weighted by molar-refractivity contribution is 0.173. The van der Waals surface area contributed by atoms with E-state index in [-0.39, 0.29) is 25.4 Å². The molecule has 1 atom stereocenters. The normalized spacial score (nSPS) is 13.9. The van der Waals surface area contributed by atoms with Gasteiger partial charge in [-0.25, -0.2) is 9.97 Å². The van der Waals surface area contributed by atoms with Crippen molar-refractivity contribution >= 4 is 34.7 Å². The molecule has 1 aliphatic heterocycles. The Morgan fingerprint density at radius 1 is 1.35 bits per heavy atom. The lowest BCUT2D eigenvalue weighted by Gasteiger charge is -2.12. The van der Waals surface area contributed by atoms with Gasteiger partial charge >= 0.3 is 0 Å². The molecule has 3 heterocycles. The van der Waals surface area contributed by atoms with Crippen LogP contribution < -0.4 is 20.5 Å². The molecule has 0 radical (unpaired) electrons. The van der Waals surface area contributed by atoms with Gasteiger partial charge in [-0.3, -0.25) is 0 Å². The Labute approximate surface area is 153 Å². The second-order valence-electron chi connectivity index (χ2n) is 5.84. The number of aromatic amines is 1. The Kier molecular flexibility index (Phi) is 4.43. The molecular weight excluding hydrogens is 356 g/mol. The zero-order valence-corrected chi connectivity index (χ0v) is 14.8. The van der Waals surface area contributed by atoms with Crippen molar-refractivity contribution in [3.05, 3.63) is 23.8 Å². The maximum absolute atomic E-state index is 9.30. The predicted octanol–water partition coefficient (Wildman–Crippen LogP) is 1.75. The number of imidazole rings is 1. The highest BCUT2D eigenvalue weighted by Gasteiger charge is 2.18. The minimum atomic E-state index is -0.168. The summed E-state index contributed by atoms with van der Waals surface area (Å²) < 4.78 is 10.9. The van der Waals surface area contributed by atoms with Crippen molar-refractivity contribution in [3.8, 4) is 11.5 Å². The van der Waals surface area contributed by atoms with Gasteiger partial charge in [0, 0.05) is 17.4 Å². The molecule has 26 heavy (non-hydrogen) atoms. The summed E-state index contributed by atoms with van der Waals surface area (Å²) in [6.07, 6.45) is 0. The van der Waals surface area contributed by atoms with Crippen molar-refractivity contribution in [1.82, 2.24) is 19.9 Å². The summed E-state index contributed by atoms with van der Waals surface area (Å²) in [4.78, 5) is 16.1. The van der Waals surface area contributed by atoms with E-state index in [0.717, 1.165) is 17.1 Å². The topological polar surface area (TPSA) is 131 Å². The third-order valence-corrected chi connectivity index (χ3v) is 4.74. The first-order chi connectivity index (χ1) is 12.6. The predicted molar refractivity (Wildman–Crippen MR) is 98.4 cm³/mol. The quantitative estimate of drug-likeness (QED) is 0.376. The van der Waals surface area contributed by atoms with Crippen LogP contribution in [0.15, 0.2) is 23.4 Å². The van der Waals surface area contributed by atoms with Gasteiger partial charge in [0.25, 0.3) is 0 Å². The van der Waals surface area contributed by atoms with Crippen LogP contribution in [0.4, 0.5) is 11.8 Å². The van der Waals surface area contributed by atoms with E-state index in [1.165, 1.54) is 11.8 Å². The second kappa shape index (κ2) is 6.89. The first-order valence-electron chi connectivity index (χ1n) is 8.05. The monoisotopic (exact) mass is 374 g/mol. The number of thioether (sulfide) groups is 1. The Hall–Kier alpha value is -2.72. The van der Waals surface area contributed by atoms with E-state index in [4.69, 9.17) is 15.2 Å². The number of anilines is 2. The van der Waals surface area contributed by atoms with Gasteiger partial charge in [-0.15, -0.1) is 0 Å². The molecule has 0 bridgehead atoms. The van der Waals surface area contributed by atoms with Crippen molar-refractivity contribution in [2.45, 2.75) is 23.9 Å². The van der Waals surface area contributed by atoms with Gasteiger partial charge in [0.2, 0.25) is 6.79 Å². The first kappa shape index (κ1) is 16.7. The summed E-state index contributed by atoms with van der Waals surface area (Å²) in [5, 5.41) is 13.0. The van der Waals surface area contributed by atoms with Crippen LogP contribution in [0, 0.1) is 0 Å². The average molecular weight is 374 g/mol. The van der Waals surface area contributed by atoms with Gasteiger partial charge in [0.1, 0.15) is 5.52 Å². The van der Waals surface area contributed by atoms with Gasteiger partial charge in [0.15, 0.2) is 34.1 Å². The number of benzene rings is 1. The second-order valence-corrected chi connectivity index (χ2v) is 6.79. The fourth-order valence-corrected chi connectivity index (χ4v) is 3.41. The molecule has 5 N–H and O–H groups in total. The third kappa shape index (κ3) is 3.20. The van der Waals surface area contributed by atoms with Gasteiger partial charge in [0.05, 0.1) is 6.61 Å². The van der Waals surface area contributed by atoms with Crippen LogP contribution in [-0.2, 0) is 5.75 Å². The lowest BCUT2D eigenvalue weighted by atomic mass is 10.2. The van der Waals surface area contributed by atoms with E-state index in [0.29, 0.717) is 27.9 Å². The Morgan fingerprint density at radius 3 is 3.08 bits per heavy atom. The van der Waals surface area contributed by atoms with Crippen LogP contribution in [0.1, 0.15) is 12.5 Å². The molecule has 2 aromatic heterocycles. The molecule has 3 aromatic rings. The maximum atomic E-state index is 9.30. The van der Waals surface area contributed by atoms with Crippen LogP contribution in [-0.4, -0.2) is 44.5 Å². The molecular formula is C16H18N6O3S. The summed E-state index contributed by atoms with van der Waals surface area (Å²) >= 11 is 1.46. The number of ether oxygens (including phenoxy) is 2. The number of hydrogen-bond acceptors (Lipinski definition) is 9. The number of nitrogen functional groups attached to an aromatic ring is 1. The van der Waals surface area contributed by atoms with Crippen molar-refractivity contribution in [3.63, 3.8) is 0 Å². The Balaban J connectivity index is 1.61. The molecule has 4 rings (SSSR count). The number of nitrogens with zero attached hydrogens (tertiary/aromatic N) is 3. The molecule has 1 unspecified atom stereocenters. The SMILES string of the molecule is CC(CO)Nc1nc(SCc2cccc3c2OCO3)nc2nc(N)[nH]c12. The molecule has 0 amide bonds. The molecule has 0 fully saturated rings. The number of aliphatic hydroxyl groups excluding tert-OH is 1. The zero-order chi connectivity index (χ0) is 18.1. The molecule has 0 aliphatic carbocycles. The van der Waals surface area contributed by atoms with E-state index >= 15 is 0 Å². The largest absolute Gasteiger partial charge is 0.454 e. The number of nitrogens with two attached hydrogens (primary N) is 1. The fourth-order valence-electron chi connectivity index (χ4n) is 2.59. The number of hydrogen-bond donors (Lipinski definition) is 4. The zero-order valence-electron chi connectivity index (χ0n) is 14.0. The summed E-state index contributed by atoms with van der Waals surface area (Å²) in [5.74, 6) is 2.95. The van der Waals surface area contributed by atoms with Gasteiger partial charge < -0.3 is 30.6 Å². The van der Waals surface area contributed by atoms with E-state index < -0.39 is 0 Å². The van der Waals surface area contributed by atoms with E-state index in [9.17, 15) is 5.11 Å². The van der Waals surface area contributed by atoms with Crippen LogP contribution in [0.2, 0.25) is 0 Å². The minimum Gasteiger partial charge on any atom is -0.454 e. The molecule has 10 heteroatoms. The van der Waals surface area contributed by atoms with E-state index in [2.05, 4.69) is 25.3 Å². The van der Waals surface area contributed by atoms with Crippen molar-refractivity contribution < 1.29 is 14.6 Å². The Morgan fingerprint density at radius 2 is 2.23 bits per heavy atom. The van der Waals surface area contributed by atoms with E-state index in [1.54, 1.807) is 0 Å². The highest BCUT2D eigenvalue weighted by molar-refractivity contribution is 7.98. The number of nitrogens with one attached hydrogen (secondary N) is 2. The van der Waals surface area contributed by atoms with E-state index in [1.807, 2.05) is 25.1 Å². The summed E-state index contributed by atoms with van der Waals surface area (Å²) in [5.41, 5.74) is 7.85.